The van der Waals surface area contributed by atoms with E-state index in [1.165, 1.54) is 0 Å². The van der Waals surface area contributed by atoms with Crippen LogP contribution in [0.5, 0.6) is 11.5 Å². The van der Waals surface area contributed by atoms with Gasteiger partial charge in [-0.2, -0.15) is 0 Å². The topological polar surface area (TPSA) is 43.6 Å². The Morgan fingerprint density at radius 2 is 1.64 bits per heavy atom. The third-order valence-electron chi connectivity index (χ3n) is 5.86. The molecule has 0 atom stereocenters. The van der Waals surface area contributed by atoms with Crippen molar-refractivity contribution in [2.24, 2.45) is 0 Å². The first kappa shape index (κ1) is 20.7. The smallest absolute Gasteiger partial charge is 0.195 e. The van der Waals surface area contributed by atoms with Gasteiger partial charge in [0.1, 0.15) is 11.5 Å². The van der Waals surface area contributed by atoms with Crippen LogP contribution >= 0.6 is 0 Å². The number of hydrogen-bond donors (Lipinski definition) is 0. The van der Waals surface area contributed by atoms with E-state index in [-0.39, 0.29) is 5.78 Å². The Morgan fingerprint density at radius 1 is 0.848 bits per heavy atom. The summed E-state index contributed by atoms with van der Waals surface area (Å²) in [4.78, 5) is 18.1. The number of benzene rings is 2. The van der Waals surface area contributed by atoms with Crippen LogP contribution in [0, 0.1) is 6.92 Å². The highest BCUT2D eigenvalue weighted by Crippen LogP contribution is 2.29. The first-order valence-electron chi connectivity index (χ1n) is 11.1. The van der Waals surface area contributed by atoms with Gasteiger partial charge in [0.25, 0.3) is 0 Å². The summed E-state index contributed by atoms with van der Waals surface area (Å²) >= 11 is 0. The lowest BCUT2D eigenvalue weighted by atomic mass is 9.99. The van der Waals surface area contributed by atoms with Crippen molar-refractivity contribution < 1.29 is 9.53 Å². The van der Waals surface area contributed by atoms with Gasteiger partial charge < -0.3 is 9.14 Å². The number of rotatable bonds is 7. The van der Waals surface area contributed by atoms with E-state index in [2.05, 4.69) is 9.38 Å². The molecule has 33 heavy (non-hydrogen) atoms. The molecule has 0 aliphatic heterocycles. The molecule has 5 aromatic rings. The number of pyridine rings is 2. The quantitative estimate of drug-likeness (QED) is 0.278. The molecule has 0 radical (unpaired) electrons. The lowest BCUT2D eigenvalue weighted by Gasteiger charge is -2.08. The third kappa shape index (κ3) is 4.28. The van der Waals surface area contributed by atoms with Gasteiger partial charge in [0, 0.05) is 29.3 Å². The van der Waals surface area contributed by atoms with Crippen molar-refractivity contribution >= 4 is 11.3 Å². The van der Waals surface area contributed by atoms with Gasteiger partial charge >= 0.3 is 0 Å². The molecule has 4 nitrogen and oxygen atoms in total. The summed E-state index contributed by atoms with van der Waals surface area (Å²) in [6, 6.07) is 28.9. The molecule has 5 rings (SSSR count). The van der Waals surface area contributed by atoms with Gasteiger partial charge in [-0.1, -0.05) is 42.5 Å². The molecule has 0 N–H and O–H groups in total. The van der Waals surface area contributed by atoms with Crippen LogP contribution in [0.15, 0.2) is 103 Å². The Bertz CT molecular complexity index is 1410. The summed E-state index contributed by atoms with van der Waals surface area (Å²) in [5, 5.41) is 0. The first-order valence-corrected chi connectivity index (χ1v) is 11.1. The van der Waals surface area contributed by atoms with E-state index in [4.69, 9.17) is 4.74 Å². The molecule has 0 saturated carbocycles. The number of aromatic nitrogens is 2. The number of para-hydroxylation sites is 1. The Morgan fingerprint density at radius 3 is 2.45 bits per heavy atom. The summed E-state index contributed by atoms with van der Waals surface area (Å²) in [6.07, 6.45) is 5.47. The highest BCUT2D eigenvalue weighted by atomic mass is 16.5. The van der Waals surface area contributed by atoms with Crippen LogP contribution in [-0.4, -0.2) is 15.2 Å². The largest absolute Gasteiger partial charge is 0.457 e. The number of ether oxygens (including phenoxy) is 1. The highest BCUT2D eigenvalue weighted by molar-refractivity contribution is 6.14. The molecule has 0 fully saturated rings. The van der Waals surface area contributed by atoms with Gasteiger partial charge in [-0.3, -0.25) is 9.78 Å². The zero-order valence-electron chi connectivity index (χ0n) is 18.4. The molecule has 2 aromatic carbocycles. The fourth-order valence-electron chi connectivity index (χ4n) is 4.26. The number of carbonyl (C=O) groups excluding carboxylic acids is 1. The number of hydrogen-bond acceptors (Lipinski definition) is 3. The zero-order valence-corrected chi connectivity index (χ0v) is 18.4. The zero-order chi connectivity index (χ0) is 22.6. The molecule has 0 saturated heterocycles. The molecular weight excluding hydrogens is 408 g/mol. The van der Waals surface area contributed by atoms with E-state index in [1.54, 1.807) is 0 Å². The van der Waals surface area contributed by atoms with Crippen molar-refractivity contribution in [1.82, 2.24) is 9.38 Å². The van der Waals surface area contributed by atoms with E-state index in [1.807, 2.05) is 110 Å². The summed E-state index contributed by atoms with van der Waals surface area (Å²) in [7, 11) is 0. The van der Waals surface area contributed by atoms with Crippen LogP contribution in [0.2, 0.25) is 0 Å². The molecule has 3 aromatic heterocycles. The second kappa shape index (κ2) is 9.13. The SMILES string of the molecule is Cc1c(C(=O)c2cccc(Oc3ccccc3)c2)c2ccccn2c1CCc1ccccn1. The summed E-state index contributed by atoms with van der Waals surface area (Å²) in [6.45, 7) is 2.04. The minimum Gasteiger partial charge on any atom is -0.457 e. The van der Waals surface area contributed by atoms with E-state index in [9.17, 15) is 4.79 Å². The maximum Gasteiger partial charge on any atom is 0.195 e. The van der Waals surface area contributed by atoms with Crippen LogP contribution in [0.4, 0.5) is 0 Å². The highest BCUT2D eigenvalue weighted by Gasteiger charge is 2.22. The average molecular weight is 433 g/mol. The van der Waals surface area contributed by atoms with Crippen molar-refractivity contribution in [3.05, 3.63) is 131 Å². The van der Waals surface area contributed by atoms with Crippen molar-refractivity contribution in [2.45, 2.75) is 19.8 Å². The normalized spacial score (nSPS) is 10.9. The third-order valence-corrected chi connectivity index (χ3v) is 5.86. The van der Waals surface area contributed by atoms with E-state index < -0.39 is 0 Å². The monoisotopic (exact) mass is 432 g/mol. The first-order chi connectivity index (χ1) is 16.2. The van der Waals surface area contributed by atoms with Crippen LogP contribution in [0.25, 0.3) is 5.52 Å². The van der Waals surface area contributed by atoms with Crippen LogP contribution in [0.3, 0.4) is 0 Å². The van der Waals surface area contributed by atoms with Crippen molar-refractivity contribution in [2.75, 3.05) is 0 Å². The fraction of sp³-hybridized carbons (Fsp3) is 0.103. The molecule has 162 valence electrons. The van der Waals surface area contributed by atoms with E-state index >= 15 is 0 Å². The van der Waals surface area contributed by atoms with E-state index in [0.717, 1.165) is 46.6 Å². The minimum atomic E-state index is -0.00111. The number of carbonyl (C=O) groups is 1. The summed E-state index contributed by atoms with van der Waals surface area (Å²) in [5.41, 5.74) is 5.46. The van der Waals surface area contributed by atoms with Gasteiger partial charge in [0.15, 0.2) is 5.78 Å². The molecule has 3 heterocycles. The molecule has 0 bridgehead atoms. The van der Waals surface area contributed by atoms with Crippen LogP contribution in [0.1, 0.15) is 32.9 Å². The van der Waals surface area contributed by atoms with Gasteiger partial charge in [0.05, 0.1) is 11.1 Å². The summed E-state index contributed by atoms with van der Waals surface area (Å²) in [5.74, 6) is 1.38. The maximum absolute atomic E-state index is 13.7. The fourth-order valence-corrected chi connectivity index (χ4v) is 4.26. The molecule has 0 unspecified atom stereocenters. The number of nitrogens with zero attached hydrogens (tertiary/aromatic N) is 2. The van der Waals surface area contributed by atoms with Gasteiger partial charge in [-0.05, 0) is 73.9 Å². The summed E-state index contributed by atoms with van der Waals surface area (Å²) < 4.78 is 8.09. The maximum atomic E-state index is 13.7. The van der Waals surface area contributed by atoms with Crippen LogP contribution in [-0.2, 0) is 12.8 Å². The number of fused-ring (bicyclic) bond motifs is 1. The van der Waals surface area contributed by atoms with Crippen molar-refractivity contribution in [3.8, 4) is 11.5 Å². The minimum absolute atomic E-state index is 0.00111. The molecule has 0 amide bonds. The Kier molecular flexibility index (Phi) is 5.73. The lowest BCUT2D eigenvalue weighted by molar-refractivity contribution is 0.103. The van der Waals surface area contributed by atoms with E-state index in [0.29, 0.717) is 11.3 Å². The Balaban J connectivity index is 1.49. The average Bonchev–Trinajstić information content (AvgIpc) is 3.14. The number of aryl methyl sites for hydroxylation is 2. The molecule has 4 heteroatoms. The second-order valence-corrected chi connectivity index (χ2v) is 8.00. The Hall–Kier alpha value is -4.18. The molecule has 0 aliphatic carbocycles. The predicted octanol–water partition coefficient (Wildman–Crippen LogP) is 6.45. The lowest BCUT2D eigenvalue weighted by Crippen LogP contribution is -2.03. The van der Waals surface area contributed by atoms with Crippen molar-refractivity contribution in [1.29, 1.82) is 0 Å². The second-order valence-electron chi connectivity index (χ2n) is 8.00. The predicted molar refractivity (Wildman–Crippen MR) is 130 cm³/mol. The van der Waals surface area contributed by atoms with Gasteiger partial charge in [-0.15, -0.1) is 0 Å². The standard InChI is InChI=1S/C29H24N2O2/c1-21-26(17-16-23-11-5-7-18-30-23)31-19-8-6-15-27(31)28(21)29(32)22-10-9-14-25(20-22)33-24-12-3-2-4-13-24/h2-15,18-20H,16-17H2,1H3. The Labute approximate surface area is 193 Å². The van der Waals surface area contributed by atoms with Crippen molar-refractivity contribution in [3.63, 3.8) is 0 Å². The van der Waals surface area contributed by atoms with Crippen LogP contribution < -0.4 is 4.74 Å². The molecular formula is C29H24N2O2. The van der Waals surface area contributed by atoms with Gasteiger partial charge in [-0.25, -0.2) is 0 Å². The number of ketones is 1. The van der Waals surface area contributed by atoms with Gasteiger partial charge in [0.2, 0.25) is 0 Å². The molecule has 0 spiro atoms. The molecule has 0 aliphatic rings.